The molecule has 1 fully saturated rings. The summed E-state index contributed by atoms with van der Waals surface area (Å²) in [5, 5.41) is 15.8. The van der Waals surface area contributed by atoms with Crippen LogP contribution in [0, 0.1) is 5.41 Å². The van der Waals surface area contributed by atoms with Gasteiger partial charge in [-0.25, -0.2) is 4.99 Å². The summed E-state index contributed by atoms with van der Waals surface area (Å²) in [6.07, 6.45) is 4.86. The quantitative estimate of drug-likeness (QED) is 0.479. The molecule has 0 amide bonds. The third-order valence-corrected chi connectivity index (χ3v) is 5.02. The van der Waals surface area contributed by atoms with Crippen LogP contribution in [0.4, 0.5) is 0 Å². The number of hydrogen-bond acceptors (Lipinski definition) is 4. The van der Waals surface area contributed by atoms with Gasteiger partial charge >= 0.3 is 0 Å². The van der Waals surface area contributed by atoms with Gasteiger partial charge in [-0.3, -0.25) is 0 Å². The van der Waals surface area contributed by atoms with Crippen molar-refractivity contribution in [1.29, 1.82) is 0 Å². The van der Waals surface area contributed by atoms with E-state index in [1.807, 2.05) is 18.2 Å². The van der Waals surface area contributed by atoms with Crippen molar-refractivity contribution >= 4 is 5.96 Å². The lowest BCUT2D eigenvalue weighted by molar-refractivity contribution is 0.196. The van der Waals surface area contributed by atoms with Gasteiger partial charge in [-0.2, -0.15) is 0 Å². The molecule has 1 saturated carbocycles. The molecule has 1 aromatic rings. The minimum absolute atomic E-state index is 0.0226. The summed E-state index contributed by atoms with van der Waals surface area (Å²) in [6.45, 7) is 8.41. The fourth-order valence-corrected chi connectivity index (χ4v) is 3.31. The van der Waals surface area contributed by atoms with Crippen molar-refractivity contribution < 1.29 is 14.6 Å². The largest absolute Gasteiger partial charge is 0.493 e. The highest BCUT2D eigenvalue weighted by molar-refractivity contribution is 5.80. The first-order valence-electron chi connectivity index (χ1n) is 9.93. The molecule has 0 saturated heterocycles. The van der Waals surface area contributed by atoms with Gasteiger partial charge in [0.1, 0.15) is 6.61 Å². The van der Waals surface area contributed by atoms with E-state index < -0.39 is 0 Å². The number of hydrogen-bond donors (Lipinski definition) is 3. The smallest absolute Gasteiger partial charge is 0.191 e. The Morgan fingerprint density at radius 3 is 2.63 bits per heavy atom. The Labute approximate surface area is 163 Å². The average molecular weight is 378 g/mol. The molecule has 27 heavy (non-hydrogen) atoms. The number of aliphatic hydroxyl groups excluding tert-OH is 1. The number of guanidine groups is 1. The molecule has 3 N–H and O–H groups in total. The lowest BCUT2D eigenvalue weighted by atomic mass is 9.75. The van der Waals surface area contributed by atoms with Crippen molar-refractivity contribution in [3.05, 3.63) is 23.8 Å². The van der Waals surface area contributed by atoms with E-state index in [2.05, 4.69) is 31.4 Å². The maximum absolute atomic E-state index is 8.91. The van der Waals surface area contributed by atoms with Gasteiger partial charge in [0, 0.05) is 12.6 Å². The van der Waals surface area contributed by atoms with Crippen LogP contribution >= 0.6 is 0 Å². The molecule has 0 heterocycles. The summed E-state index contributed by atoms with van der Waals surface area (Å²) in [5.41, 5.74) is 1.51. The summed E-state index contributed by atoms with van der Waals surface area (Å²) in [7, 11) is 1.62. The Morgan fingerprint density at radius 2 is 2.00 bits per heavy atom. The van der Waals surface area contributed by atoms with E-state index in [1.54, 1.807) is 7.11 Å². The molecule has 0 spiro atoms. The van der Waals surface area contributed by atoms with Crippen molar-refractivity contribution in [1.82, 2.24) is 10.6 Å². The van der Waals surface area contributed by atoms with Gasteiger partial charge in [-0.15, -0.1) is 0 Å². The van der Waals surface area contributed by atoms with Crippen LogP contribution in [-0.4, -0.2) is 44.0 Å². The van der Waals surface area contributed by atoms with Crippen LogP contribution in [0.25, 0.3) is 0 Å². The number of rotatable bonds is 8. The molecular weight excluding hydrogens is 342 g/mol. The van der Waals surface area contributed by atoms with Crippen molar-refractivity contribution in [2.24, 2.45) is 10.4 Å². The number of aliphatic hydroxyl groups is 1. The molecule has 0 radical (unpaired) electrons. The van der Waals surface area contributed by atoms with Crippen molar-refractivity contribution in [2.45, 2.75) is 59.0 Å². The topological polar surface area (TPSA) is 75.1 Å². The summed E-state index contributed by atoms with van der Waals surface area (Å²) >= 11 is 0. The zero-order chi connectivity index (χ0) is 19.7. The Hall–Kier alpha value is -1.95. The van der Waals surface area contributed by atoms with E-state index in [4.69, 9.17) is 19.6 Å². The maximum Gasteiger partial charge on any atom is 0.191 e. The molecule has 0 aromatic heterocycles. The van der Waals surface area contributed by atoms with Gasteiger partial charge in [0.05, 0.1) is 20.3 Å². The number of nitrogens with one attached hydrogen (secondary N) is 2. The van der Waals surface area contributed by atoms with Gasteiger partial charge in [-0.1, -0.05) is 19.9 Å². The monoisotopic (exact) mass is 377 g/mol. The predicted molar refractivity (Wildman–Crippen MR) is 110 cm³/mol. The summed E-state index contributed by atoms with van der Waals surface area (Å²) in [4.78, 5) is 4.74. The van der Waals surface area contributed by atoms with E-state index in [0.29, 0.717) is 29.5 Å². The minimum atomic E-state index is -0.0226. The Balaban J connectivity index is 1.99. The number of aliphatic imine (C=N–C) groups is 1. The molecule has 1 aliphatic carbocycles. The molecule has 152 valence electrons. The molecule has 1 aromatic carbocycles. The molecular formula is C21H35N3O3. The van der Waals surface area contributed by atoms with E-state index in [0.717, 1.165) is 18.1 Å². The zero-order valence-electron chi connectivity index (χ0n) is 17.2. The van der Waals surface area contributed by atoms with E-state index in [-0.39, 0.29) is 13.2 Å². The van der Waals surface area contributed by atoms with Crippen molar-refractivity contribution in [3.63, 3.8) is 0 Å². The van der Waals surface area contributed by atoms with E-state index in [9.17, 15) is 0 Å². The summed E-state index contributed by atoms with van der Waals surface area (Å²) in [6, 6.07) is 6.26. The third kappa shape index (κ3) is 6.94. The molecule has 6 heteroatoms. The van der Waals surface area contributed by atoms with Gasteiger partial charge < -0.3 is 25.2 Å². The van der Waals surface area contributed by atoms with Gasteiger partial charge in [0.25, 0.3) is 0 Å². The summed E-state index contributed by atoms with van der Waals surface area (Å²) < 4.78 is 10.9. The number of benzene rings is 1. The maximum atomic E-state index is 8.91. The molecule has 0 aliphatic heterocycles. The molecule has 0 atom stereocenters. The van der Waals surface area contributed by atoms with Crippen molar-refractivity contribution in [2.75, 3.05) is 26.9 Å². The van der Waals surface area contributed by atoms with Crippen LogP contribution in [0.3, 0.4) is 0 Å². The standard InChI is InChI=1S/C21H35N3O3/c1-5-22-20(24-17-8-10-21(2,3)11-9-17)23-15-16-6-7-18(27-13-12-25)19(14-16)26-4/h6-7,14,17,25H,5,8-13,15H2,1-4H3,(H2,22,23,24). The second-order valence-electron chi connectivity index (χ2n) is 7.84. The third-order valence-electron chi connectivity index (χ3n) is 5.02. The SMILES string of the molecule is CCNC(=NCc1ccc(OCCO)c(OC)c1)NC1CCC(C)(C)CC1. The normalized spacial score (nSPS) is 17.4. The van der Waals surface area contributed by atoms with Crippen LogP contribution in [0.1, 0.15) is 52.0 Å². The fourth-order valence-electron chi connectivity index (χ4n) is 3.31. The van der Waals surface area contributed by atoms with Gasteiger partial charge in [-0.05, 0) is 55.7 Å². The molecule has 0 unspecified atom stereocenters. The minimum Gasteiger partial charge on any atom is -0.493 e. The fraction of sp³-hybridized carbons (Fsp3) is 0.667. The van der Waals surface area contributed by atoms with Crippen LogP contribution in [-0.2, 0) is 6.54 Å². The van der Waals surface area contributed by atoms with Crippen LogP contribution in [0.15, 0.2) is 23.2 Å². The second-order valence-corrected chi connectivity index (χ2v) is 7.84. The number of methoxy groups -OCH3 is 1. The molecule has 6 nitrogen and oxygen atoms in total. The molecule has 2 rings (SSSR count). The molecule has 1 aliphatic rings. The first-order chi connectivity index (χ1) is 13.0. The highest BCUT2D eigenvalue weighted by Crippen LogP contribution is 2.35. The van der Waals surface area contributed by atoms with Gasteiger partial charge in [0.15, 0.2) is 17.5 Å². The Morgan fingerprint density at radius 1 is 1.26 bits per heavy atom. The van der Waals surface area contributed by atoms with E-state index in [1.165, 1.54) is 25.7 Å². The predicted octanol–water partition coefficient (Wildman–Crippen LogP) is 3.09. The number of nitrogens with zero attached hydrogens (tertiary/aromatic N) is 1. The highest BCUT2D eigenvalue weighted by atomic mass is 16.5. The number of ether oxygens (including phenoxy) is 2. The van der Waals surface area contributed by atoms with Crippen LogP contribution in [0.2, 0.25) is 0 Å². The van der Waals surface area contributed by atoms with Crippen molar-refractivity contribution in [3.8, 4) is 11.5 Å². The van der Waals surface area contributed by atoms with E-state index >= 15 is 0 Å². The lowest BCUT2D eigenvalue weighted by Crippen LogP contribution is -2.45. The average Bonchev–Trinajstić information content (AvgIpc) is 2.66. The second kappa shape index (κ2) is 10.4. The first-order valence-corrected chi connectivity index (χ1v) is 9.93. The van der Waals surface area contributed by atoms with Crippen LogP contribution in [0.5, 0.6) is 11.5 Å². The lowest BCUT2D eigenvalue weighted by Gasteiger charge is -2.35. The zero-order valence-corrected chi connectivity index (χ0v) is 17.2. The summed E-state index contributed by atoms with van der Waals surface area (Å²) in [5.74, 6) is 2.15. The first kappa shape index (κ1) is 21.4. The Bertz CT molecular complexity index is 607. The van der Waals surface area contributed by atoms with Crippen LogP contribution < -0.4 is 20.1 Å². The molecule has 0 bridgehead atoms. The Kier molecular flexibility index (Phi) is 8.23. The van der Waals surface area contributed by atoms with Gasteiger partial charge in [0.2, 0.25) is 0 Å². The highest BCUT2D eigenvalue weighted by Gasteiger charge is 2.27.